The van der Waals surface area contributed by atoms with Gasteiger partial charge in [0, 0.05) is 25.2 Å². The molecule has 5 nitrogen and oxygen atoms in total. The third-order valence-corrected chi connectivity index (χ3v) is 4.68. The number of nitrogens with one attached hydrogen (secondary N) is 1. The maximum atomic E-state index is 12.0. The Morgan fingerprint density at radius 2 is 1.85 bits per heavy atom. The molecule has 1 fully saturated rings. The van der Waals surface area contributed by atoms with Crippen LogP contribution in [-0.2, 0) is 16.8 Å². The smallest absolute Gasteiger partial charge is 0.279 e. The van der Waals surface area contributed by atoms with E-state index in [0.717, 1.165) is 24.0 Å². The fraction of sp³-hybridized carbons (Fsp3) is 0.429. The van der Waals surface area contributed by atoms with Gasteiger partial charge < -0.3 is 5.11 Å². The molecule has 0 aliphatic carbocycles. The Morgan fingerprint density at radius 3 is 2.45 bits per heavy atom. The van der Waals surface area contributed by atoms with Crippen molar-refractivity contribution in [2.75, 3.05) is 19.7 Å². The Hall–Kier alpha value is -1.39. The fourth-order valence-electron chi connectivity index (χ4n) is 2.04. The van der Waals surface area contributed by atoms with Gasteiger partial charge in [-0.15, -0.1) is 0 Å². The summed E-state index contributed by atoms with van der Waals surface area (Å²) in [4.78, 5) is 0. The predicted octanol–water partition coefficient (Wildman–Crippen LogP) is 0.461. The van der Waals surface area contributed by atoms with E-state index in [1.807, 2.05) is 24.3 Å². The van der Waals surface area contributed by atoms with Crippen molar-refractivity contribution in [3.63, 3.8) is 0 Å². The van der Waals surface area contributed by atoms with Gasteiger partial charge in [0.25, 0.3) is 10.2 Å². The summed E-state index contributed by atoms with van der Waals surface area (Å²) in [7, 11) is -3.36. The summed E-state index contributed by atoms with van der Waals surface area (Å²) in [6.45, 7) is 1.31. The summed E-state index contributed by atoms with van der Waals surface area (Å²) in [5, 5.41) is 8.60. The Morgan fingerprint density at radius 1 is 1.20 bits per heavy atom. The molecule has 20 heavy (non-hydrogen) atoms. The quantitative estimate of drug-likeness (QED) is 0.793. The van der Waals surface area contributed by atoms with Crippen LogP contribution in [0, 0.1) is 11.8 Å². The van der Waals surface area contributed by atoms with Gasteiger partial charge in [0.2, 0.25) is 0 Å². The topological polar surface area (TPSA) is 69.6 Å². The zero-order valence-corrected chi connectivity index (χ0v) is 12.0. The number of benzene rings is 1. The van der Waals surface area contributed by atoms with E-state index in [-0.39, 0.29) is 13.2 Å². The SMILES string of the molecule is O=S(=O)(NCc1ccc(C#CCO)cc1)N1CCCC1. The molecule has 0 atom stereocenters. The Bertz CT molecular complexity index is 594. The van der Waals surface area contributed by atoms with Gasteiger partial charge in [-0.25, -0.2) is 0 Å². The molecule has 1 aromatic rings. The molecule has 0 saturated carbocycles. The minimum absolute atomic E-state index is 0.169. The first-order valence-electron chi connectivity index (χ1n) is 6.55. The molecule has 1 aromatic carbocycles. The average molecular weight is 294 g/mol. The molecular formula is C14H18N2O3S. The summed E-state index contributed by atoms with van der Waals surface area (Å²) in [5.41, 5.74) is 1.67. The first kappa shape index (κ1) is 15.0. The lowest BCUT2D eigenvalue weighted by Gasteiger charge is -2.16. The highest BCUT2D eigenvalue weighted by molar-refractivity contribution is 7.87. The summed E-state index contributed by atoms with van der Waals surface area (Å²) in [5.74, 6) is 5.36. The molecule has 1 aliphatic heterocycles. The van der Waals surface area contributed by atoms with Gasteiger partial charge in [-0.1, -0.05) is 24.0 Å². The average Bonchev–Trinajstić information content (AvgIpc) is 2.99. The van der Waals surface area contributed by atoms with Crippen LogP contribution in [0.2, 0.25) is 0 Å². The van der Waals surface area contributed by atoms with E-state index >= 15 is 0 Å². The van der Waals surface area contributed by atoms with Gasteiger partial charge in [0.1, 0.15) is 6.61 Å². The molecule has 0 unspecified atom stereocenters. The molecule has 0 aromatic heterocycles. The molecule has 108 valence electrons. The van der Waals surface area contributed by atoms with E-state index in [1.165, 1.54) is 4.31 Å². The Kier molecular flexibility index (Phi) is 5.15. The zero-order valence-electron chi connectivity index (χ0n) is 11.2. The van der Waals surface area contributed by atoms with E-state index in [0.29, 0.717) is 13.1 Å². The standard InChI is InChI=1S/C14H18N2O3S/c17-11-3-4-13-5-7-14(8-6-13)12-15-20(18,19)16-9-1-2-10-16/h5-8,15,17H,1-2,9-12H2. The van der Waals surface area contributed by atoms with Crippen LogP contribution in [0.4, 0.5) is 0 Å². The number of rotatable bonds is 4. The second kappa shape index (κ2) is 6.86. The molecule has 0 bridgehead atoms. The van der Waals surface area contributed by atoms with Crippen molar-refractivity contribution in [1.29, 1.82) is 0 Å². The number of aliphatic hydroxyl groups excluding tert-OH is 1. The van der Waals surface area contributed by atoms with Gasteiger partial charge in [0.05, 0.1) is 0 Å². The molecule has 1 saturated heterocycles. The minimum Gasteiger partial charge on any atom is -0.384 e. The highest BCUT2D eigenvalue weighted by atomic mass is 32.2. The van der Waals surface area contributed by atoms with E-state index in [1.54, 1.807) is 0 Å². The van der Waals surface area contributed by atoms with E-state index < -0.39 is 10.2 Å². The third-order valence-electron chi connectivity index (χ3n) is 3.13. The zero-order chi connectivity index (χ0) is 14.4. The monoisotopic (exact) mass is 294 g/mol. The summed E-state index contributed by atoms with van der Waals surface area (Å²) >= 11 is 0. The minimum atomic E-state index is -3.36. The van der Waals surface area contributed by atoms with Gasteiger partial charge in [-0.05, 0) is 30.5 Å². The number of hydrogen-bond acceptors (Lipinski definition) is 3. The number of hydrogen-bond donors (Lipinski definition) is 2. The lowest BCUT2D eigenvalue weighted by molar-refractivity contribution is 0.350. The number of nitrogens with zero attached hydrogens (tertiary/aromatic N) is 1. The third kappa shape index (κ3) is 4.05. The van der Waals surface area contributed by atoms with Crippen LogP contribution < -0.4 is 4.72 Å². The maximum absolute atomic E-state index is 12.0. The second-order valence-corrected chi connectivity index (χ2v) is 6.34. The van der Waals surface area contributed by atoms with Gasteiger partial charge in [0.15, 0.2) is 0 Å². The number of aliphatic hydroxyl groups is 1. The predicted molar refractivity (Wildman–Crippen MR) is 77.0 cm³/mol. The van der Waals surface area contributed by atoms with Gasteiger partial charge in [-0.3, -0.25) is 0 Å². The van der Waals surface area contributed by atoms with Crippen LogP contribution in [0.3, 0.4) is 0 Å². The molecule has 2 N–H and O–H groups in total. The summed E-state index contributed by atoms with van der Waals surface area (Å²) in [6.07, 6.45) is 1.86. The molecule has 0 spiro atoms. The normalized spacial score (nSPS) is 15.8. The first-order chi connectivity index (χ1) is 9.62. The second-order valence-electron chi connectivity index (χ2n) is 4.59. The van der Waals surface area contributed by atoms with Crippen LogP contribution in [0.1, 0.15) is 24.0 Å². The molecule has 6 heteroatoms. The lowest BCUT2D eigenvalue weighted by Crippen LogP contribution is -2.38. The van der Waals surface area contributed by atoms with Crippen molar-refractivity contribution in [3.8, 4) is 11.8 Å². The van der Waals surface area contributed by atoms with Crippen LogP contribution >= 0.6 is 0 Å². The van der Waals surface area contributed by atoms with Crippen LogP contribution in [0.25, 0.3) is 0 Å². The molecule has 1 heterocycles. The fourth-order valence-corrected chi connectivity index (χ4v) is 3.31. The van der Waals surface area contributed by atoms with Crippen molar-refractivity contribution < 1.29 is 13.5 Å². The highest BCUT2D eigenvalue weighted by Crippen LogP contribution is 2.12. The van der Waals surface area contributed by atoms with Crippen molar-refractivity contribution in [2.45, 2.75) is 19.4 Å². The molecule has 2 rings (SSSR count). The van der Waals surface area contributed by atoms with Crippen molar-refractivity contribution >= 4 is 10.2 Å². The van der Waals surface area contributed by atoms with E-state index in [2.05, 4.69) is 16.6 Å². The summed E-state index contributed by atoms with van der Waals surface area (Å²) in [6, 6.07) is 7.27. The van der Waals surface area contributed by atoms with Crippen LogP contribution in [-0.4, -0.2) is 37.5 Å². The molecule has 0 radical (unpaired) electrons. The highest BCUT2D eigenvalue weighted by Gasteiger charge is 2.24. The first-order valence-corrected chi connectivity index (χ1v) is 7.99. The van der Waals surface area contributed by atoms with Crippen LogP contribution in [0.15, 0.2) is 24.3 Å². The Labute approximate surface area is 119 Å². The molecule has 1 aliphatic rings. The van der Waals surface area contributed by atoms with Crippen molar-refractivity contribution in [3.05, 3.63) is 35.4 Å². The van der Waals surface area contributed by atoms with E-state index in [9.17, 15) is 8.42 Å². The maximum Gasteiger partial charge on any atom is 0.279 e. The molecule has 0 amide bonds. The van der Waals surface area contributed by atoms with Crippen molar-refractivity contribution in [1.82, 2.24) is 9.03 Å². The van der Waals surface area contributed by atoms with Gasteiger partial charge in [-0.2, -0.15) is 17.4 Å². The Balaban J connectivity index is 1.93. The van der Waals surface area contributed by atoms with Gasteiger partial charge >= 0.3 is 0 Å². The largest absolute Gasteiger partial charge is 0.384 e. The van der Waals surface area contributed by atoms with E-state index in [4.69, 9.17) is 5.11 Å². The lowest BCUT2D eigenvalue weighted by atomic mass is 10.1. The summed E-state index contributed by atoms with van der Waals surface area (Å²) < 4.78 is 28.0. The van der Waals surface area contributed by atoms with Crippen LogP contribution in [0.5, 0.6) is 0 Å². The van der Waals surface area contributed by atoms with Crippen molar-refractivity contribution in [2.24, 2.45) is 0 Å². The molecular weight excluding hydrogens is 276 g/mol.